The summed E-state index contributed by atoms with van der Waals surface area (Å²) in [6.07, 6.45) is 7.90. The van der Waals surface area contributed by atoms with Crippen LogP contribution in [0.25, 0.3) is 0 Å². The van der Waals surface area contributed by atoms with Crippen LogP contribution in [0, 0.1) is 0 Å². The normalized spacial score (nSPS) is 16.1. The van der Waals surface area contributed by atoms with Crippen molar-refractivity contribution in [2.75, 3.05) is 18.1 Å². The van der Waals surface area contributed by atoms with Gasteiger partial charge < -0.3 is 15.2 Å². The molecule has 124 valence electrons. The lowest BCUT2D eigenvalue weighted by Crippen LogP contribution is -2.43. The molecule has 1 unspecified atom stereocenters. The summed E-state index contributed by atoms with van der Waals surface area (Å²) >= 11 is 0. The first-order valence-corrected chi connectivity index (χ1v) is 8.96. The molecule has 1 fully saturated rings. The second kappa shape index (κ2) is 8.70. The summed E-state index contributed by atoms with van der Waals surface area (Å²) in [7, 11) is -1.17. The average Bonchev–Trinajstić information content (AvgIpc) is 3.08. The van der Waals surface area contributed by atoms with Gasteiger partial charge in [0.25, 0.3) is 0 Å². The summed E-state index contributed by atoms with van der Waals surface area (Å²) in [6, 6.07) is 0. The summed E-state index contributed by atoms with van der Waals surface area (Å²) in [4.78, 5) is 16.7. The van der Waals surface area contributed by atoms with E-state index >= 15 is 0 Å². The SMILES string of the molecule is C=CCS(=O)(=O)CCC(N)N1CCCC1=O.Cn1ccnc1. The molecule has 1 saturated heterocycles. The zero-order valence-electron chi connectivity index (χ0n) is 12.9. The Balaban J connectivity index is 0.000000335. The van der Waals surface area contributed by atoms with Crippen LogP contribution >= 0.6 is 0 Å². The highest BCUT2D eigenvalue weighted by Gasteiger charge is 2.26. The van der Waals surface area contributed by atoms with Crippen molar-refractivity contribution >= 4 is 15.7 Å². The van der Waals surface area contributed by atoms with E-state index in [1.54, 1.807) is 17.4 Å². The number of nitrogens with zero attached hydrogens (tertiary/aromatic N) is 3. The third-order valence-electron chi connectivity index (χ3n) is 3.24. The minimum absolute atomic E-state index is 0.00394. The first kappa shape index (κ1) is 18.4. The van der Waals surface area contributed by atoms with Crippen LogP contribution in [0.4, 0.5) is 0 Å². The quantitative estimate of drug-likeness (QED) is 0.758. The van der Waals surface area contributed by atoms with E-state index in [1.165, 1.54) is 6.08 Å². The molecule has 1 aliphatic heterocycles. The van der Waals surface area contributed by atoms with Crippen molar-refractivity contribution in [3.8, 4) is 0 Å². The molecule has 8 heteroatoms. The van der Waals surface area contributed by atoms with E-state index < -0.39 is 16.0 Å². The third-order valence-corrected chi connectivity index (χ3v) is 4.84. The molecule has 0 bridgehead atoms. The van der Waals surface area contributed by atoms with Crippen LogP contribution in [-0.4, -0.2) is 53.0 Å². The predicted molar refractivity (Wildman–Crippen MR) is 85.6 cm³/mol. The topological polar surface area (TPSA) is 98.3 Å². The molecule has 0 aliphatic carbocycles. The number of carbonyl (C=O) groups excluding carboxylic acids is 1. The van der Waals surface area contributed by atoms with Gasteiger partial charge in [-0.15, -0.1) is 6.58 Å². The number of aryl methyl sites for hydroxylation is 1. The van der Waals surface area contributed by atoms with Crippen molar-refractivity contribution in [1.82, 2.24) is 14.5 Å². The zero-order valence-corrected chi connectivity index (χ0v) is 13.7. The number of likely N-dealkylation sites (tertiary alicyclic amines) is 1. The largest absolute Gasteiger partial charge is 0.341 e. The lowest BCUT2D eigenvalue weighted by molar-refractivity contribution is -0.129. The van der Waals surface area contributed by atoms with Crippen LogP contribution in [0.2, 0.25) is 0 Å². The Morgan fingerprint density at radius 1 is 1.55 bits per heavy atom. The average molecular weight is 328 g/mol. The van der Waals surface area contributed by atoms with E-state index in [-0.39, 0.29) is 17.4 Å². The molecule has 22 heavy (non-hydrogen) atoms. The molecule has 7 nitrogen and oxygen atoms in total. The molecule has 1 aromatic rings. The minimum atomic E-state index is -3.11. The summed E-state index contributed by atoms with van der Waals surface area (Å²) in [5.41, 5.74) is 5.79. The van der Waals surface area contributed by atoms with Gasteiger partial charge in [-0.3, -0.25) is 4.79 Å². The number of amides is 1. The molecule has 2 rings (SSSR count). The Bertz CT molecular complexity index is 569. The molecule has 0 spiro atoms. The summed E-state index contributed by atoms with van der Waals surface area (Å²) in [5.74, 6) is -0.00826. The zero-order chi connectivity index (χ0) is 16.6. The van der Waals surface area contributed by atoms with Crippen LogP contribution in [0.1, 0.15) is 19.3 Å². The summed E-state index contributed by atoms with van der Waals surface area (Å²) in [6.45, 7) is 4.03. The Morgan fingerprint density at radius 2 is 2.27 bits per heavy atom. The van der Waals surface area contributed by atoms with Gasteiger partial charge in [-0.25, -0.2) is 13.4 Å². The van der Waals surface area contributed by atoms with E-state index in [4.69, 9.17) is 5.73 Å². The monoisotopic (exact) mass is 328 g/mol. The van der Waals surface area contributed by atoms with Crippen LogP contribution in [-0.2, 0) is 21.7 Å². The molecule has 0 aromatic carbocycles. The lowest BCUT2D eigenvalue weighted by atomic mass is 10.3. The van der Waals surface area contributed by atoms with Gasteiger partial charge in [0.05, 0.1) is 24.0 Å². The Hall–Kier alpha value is -1.67. The van der Waals surface area contributed by atoms with E-state index in [2.05, 4.69) is 11.6 Å². The van der Waals surface area contributed by atoms with Gasteiger partial charge in [-0.05, 0) is 12.8 Å². The van der Waals surface area contributed by atoms with E-state index in [0.29, 0.717) is 19.4 Å². The number of imidazole rings is 1. The Labute approximate surface area is 131 Å². The molecule has 2 heterocycles. The maximum absolute atomic E-state index is 11.4. The summed E-state index contributed by atoms with van der Waals surface area (Å²) in [5, 5.41) is 0. The van der Waals surface area contributed by atoms with E-state index in [0.717, 1.165) is 6.42 Å². The standard InChI is InChI=1S/C10H18N2O3S.C4H6N2/c1-2-7-16(14,15)8-5-9(11)12-6-3-4-10(12)13;1-6-3-2-5-4-6/h2,9H,1,3-8,11H2;2-4H,1H3. The second-order valence-electron chi connectivity index (χ2n) is 5.18. The number of carbonyl (C=O) groups is 1. The van der Waals surface area contributed by atoms with Crippen molar-refractivity contribution in [3.05, 3.63) is 31.4 Å². The van der Waals surface area contributed by atoms with Gasteiger partial charge in [0, 0.05) is 32.4 Å². The molecule has 1 aliphatic rings. The number of rotatable bonds is 6. The molecular weight excluding hydrogens is 304 g/mol. The maximum Gasteiger partial charge on any atom is 0.223 e. The van der Waals surface area contributed by atoms with Crippen LogP contribution in [0.5, 0.6) is 0 Å². The smallest absolute Gasteiger partial charge is 0.223 e. The van der Waals surface area contributed by atoms with Crippen LogP contribution < -0.4 is 5.73 Å². The summed E-state index contributed by atoms with van der Waals surface area (Å²) < 4.78 is 24.7. The maximum atomic E-state index is 11.4. The van der Waals surface area contributed by atoms with Crippen molar-refractivity contribution in [2.45, 2.75) is 25.4 Å². The fourth-order valence-electron chi connectivity index (χ4n) is 2.06. The van der Waals surface area contributed by atoms with Gasteiger partial charge in [0.2, 0.25) is 5.91 Å². The Morgan fingerprint density at radius 3 is 2.68 bits per heavy atom. The molecule has 1 amide bonds. The van der Waals surface area contributed by atoms with Crippen molar-refractivity contribution in [3.63, 3.8) is 0 Å². The first-order valence-electron chi connectivity index (χ1n) is 7.14. The van der Waals surface area contributed by atoms with Crippen LogP contribution in [0.3, 0.4) is 0 Å². The highest BCUT2D eigenvalue weighted by Crippen LogP contribution is 2.13. The molecular formula is C14H24N4O3S. The van der Waals surface area contributed by atoms with E-state index in [1.807, 2.05) is 17.8 Å². The number of hydrogen-bond acceptors (Lipinski definition) is 5. The third kappa shape index (κ3) is 6.40. The van der Waals surface area contributed by atoms with Gasteiger partial charge in [-0.2, -0.15) is 0 Å². The van der Waals surface area contributed by atoms with Gasteiger partial charge >= 0.3 is 0 Å². The van der Waals surface area contributed by atoms with Gasteiger partial charge in [0.1, 0.15) is 0 Å². The fourth-order valence-corrected chi connectivity index (χ4v) is 3.19. The highest BCUT2D eigenvalue weighted by atomic mass is 32.2. The molecule has 2 N–H and O–H groups in total. The number of sulfone groups is 1. The van der Waals surface area contributed by atoms with Crippen molar-refractivity contribution < 1.29 is 13.2 Å². The highest BCUT2D eigenvalue weighted by molar-refractivity contribution is 7.91. The van der Waals surface area contributed by atoms with E-state index in [9.17, 15) is 13.2 Å². The second-order valence-corrected chi connectivity index (χ2v) is 7.41. The van der Waals surface area contributed by atoms with Crippen molar-refractivity contribution in [1.29, 1.82) is 0 Å². The Kier molecular flexibility index (Phi) is 7.26. The molecule has 0 radical (unpaired) electrons. The molecule has 1 aromatic heterocycles. The lowest BCUT2D eigenvalue weighted by Gasteiger charge is -2.23. The minimum Gasteiger partial charge on any atom is -0.341 e. The number of nitrogens with two attached hydrogens (primary N) is 1. The fraction of sp³-hybridized carbons (Fsp3) is 0.571. The van der Waals surface area contributed by atoms with Crippen molar-refractivity contribution in [2.24, 2.45) is 12.8 Å². The number of hydrogen-bond donors (Lipinski definition) is 1. The predicted octanol–water partition coefficient (Wildman–Crippen LogP) is 0.305. The first-order chi connectivity index (χ1) is 10.4. The van der Waals surface area contributed by atoms with Gasteiger partial charge in [-0.1, -0.05) is 6.08 Å². The van der Waals surface area contributed by atoms with Crippen LogP contribution in [0.15, 0.2) is 31.4 Å². The number of aromatic nitrogens is 2. The van der Waals surface area contributed by atoms with Gasteiger partial charge in [0.15, 0.2) is 9.84 Å². The molecule has 1 atom stereocenters. The molecule has 0 saturated carbocycles.